The van der Waals surface area contributed by atoms with Crippen LogP contribution >= 0.6 is 27.3 Å². The molecule has 1 aromatic heterocycles. The molecule has 1 heterocycles. The number of hydrazone groups is 1. The summed E-state index contributed by atoms with van der Waals surface area (Å²) in [5, 5.41) is 15.5. The van der Waals surface area contributed by atoms with E-state index in [-0.39, 0.29) is 11.6 Å². The monoisotopic (exact) mass is 446 g/mol. The van der Waals surface area contributed by atoms with E-state index >= 15 is 0 Å². The number of hydrogen-bond donors (Lipinski definition) is 1. The highest BCUT2D eigenvalue weighted by atomic mass is 79.9. The van der Waals surface area contributed by atoms with Crippen molar-refractivity contribution in [2.24, 2.45) is 5.10 Å². The summed E-state index contributed by atoms with van der Waals surface area (Å²) in [5.41, 5.74) is 4.35. The number of anilines is 1. The third-order valence-corrected chi connectivity index (χ3v) is 5.52. The van der Waals surface area contributed by atoms with Crippen LogP contribution < -0.4 is 10.3 Å². The van der Waals surface area contributed by atoms with Crippen LogP contribution in [0.15, 0.2) is 52.0 Å². The average molecular weight is 447 g/mol. The van der Waals surface area contributed by atoms with Crippen molar-refractivity contribution in [3.05, 3.63) is 67.5 Å². The number of fused-ring (bicyclic) bond motifs is 1. The highest BCUT2D eigenvalue weighted by molar-refractivity contribution is 9.10. The van der Waals surface area contributed by atoms with E-state index < -0.39 is 4.92 Å². The van der Waals surface area contributed by atoms with Gasteiger partial charge in [-0.15, -0.1) is 11.3 Å². The molecular weight excluding hydrogens is 432 g/mol. The van der Waals surface area contributed by atoms with E-state index in [1.54, 1.807) is 18.3 Å². The van der Waals surface area contributed by atoms with Gasteiger partial charge in [-0.1, -0.05) is 6.07 Å². The summed E-state index contributed by atoms with van der Waals surface area (Å²) in [6.45, 7) is 0. The highest BCUT2D eigenvalue weighted by Gasteiger charge is 2.13. The van der Waals surface area contributed by atoms with Gasteiger partial charge in [-0.25, -0.2) is 5.43 Å². The first-order chi connectivity index (χ1) is 12.8. The molecule has 1 amide bonds. The number of carbonyl (C=O) groups is 1. The summed E-state index contributed by atoms with van der Waals surface area (Å²) in [6.07, 6.45) is 1.56. The fourth-order valence-electron chi connectivity index (χ4n) is 2.44. The van der Waals surface area contributed by atoms with E-state index in [0.29, 0.717) is 10.3 Å². The molecule has 2 aromatic carbocycles. The number of amides is 1. The highest BCUT2D eigenvalue weighted by Crippen LogP contribution is 2.29. The molecule has 138 valence electrons. The van der Waals surface area contributed by atoms with Crippen molar-refractivity contribution >= 4 is 60.8 Å². The third-order valence-electron chi connectivity index (χ3n) is 3.77. The topological polar surface area (TPSA) is 87.8 Å². The minimum atomic E-state index is -0.457. The molecular formula is C18H15BrN4O3S. The summed E-state index contributed by atoms with van der Waals surface area (Å²) in [6, 6.07) is 11.9. The summed E-state index contributed by atoms with van der Waals surface area (Å²) in [7, 11) is 3.90. The van der Waals surface area contributed by atoms with Crippen LogP contribution in [0.5, 0.6) is 0 Å². The van der Waals surface area contributed by atoms with Crippen molar-refractivity contribution in [3.63, 3.8) is 0 Å². The van der Waals surface area contributed by atoms with E-state index in [4.69, 9.17) is 0 Å². The Bertz CT molecular complexity index is 1060. The fourth-order valence-corrected chi connectivity index (χ4v) is 4.13. The molecule has 0 aliphatic carbocycles. The number of non-ortho nitro benzene ring substituents is 1. The van der Waals surface area contributed by atoms with Gasteiger partial charge in [-0.2, -0.15) is 5.10 Å². The molecule has 7 nitrogen and oxygen atoms in total. The summed E-state index contributed by atoms with van der Waals surface area (Å²) in [5.74, 6) is -0.362. The van der Waals surface area contributed by atoms with Crippen molar-refractivity contribution in [2.45, 2.75) is 0 Å². The van der Waals surface area contributed by atoms with Crippen LogP contribution in [-0.4, -0.2) is 31.1 Å². The molecule has 27 heavy (non-hydrogen) atoms. The van der Waals surface area contributed by atoms with E-state index in [9.17, 15) is 14.9 Å². The smallest absolute Gasteiger partial charge is 0.281 e. The lowest BCUT2D eigenvalue weighted by Crippen LogP contribution is -2.16. The molecule has 0 saturated carbocycles. The number of rotatable bonds is 5. The lowest BCUT2D eigenvalue weighted by Gasteiger charge is -2.14. The molecule has 0 fully saturated rings. The Morgan fingerprint density at radius 1 is 1.26 bits per heavy atom. The number of nitrogens with zero attached hydrogens (tertiary/aromatic N) is 3. The Labute approximate surface area is 167 Å². The molecule has 0 aliphatic rings. The second-order valence-electron chi connectivity index (χ2n) is 5.89. The Morgan fingerprint density at radius 3 is 2.70 bits per heavy atom. The van der Waals surface area contributed by atoms with Gasteiger partial charge in [0, 0.05) is 40.8 Å². The predicted molar refractivity (Wildman–Crippen MR) is 112 cm³/mol. The van der Waals surface area contributed by atoms with Crippen molar-refractivity contribution < 1.29 is 9.72 Å². The lowest BCUT2D eigenvalue weighted by atomic mass is 10.2. The van der Waals surface area contributed by atoms with E-state index in [0.717, 1.165) is 20.4 Å². The maximum Gasteiger partial charge on any atom is 0.281 e. The second-order valence-corrected chi connectivity index (χ2v) is 7.83. The number of thiophene rings is 1. The van der Waals surface area contributed by atoms with Crippen molar-refractivity contribution in [1.82, 2.24) is 5.43 Å². The van der Waals surface area contributed by atoms with Gasteiger partial charge in [0.2, 0.25) is 0 Å². The number of nitrogens with one attached hydrogen (secondary N) is 1. The van der Waals surface area contributed by atoms with Gasteiger partial charge >= 0.3 is 0 Å². The molecule has 0 radical (unpaired) electrons. The van der Waals surface area contributed by atoms with Crippen LogP contribution in [0.4, 0.5) is 11.4 Å². The minimum Gasteiger partial charge on any atom is -0.377 e. The molecule has 1 N–H and O–H groups in total. The van der Waals surface area contributed by atoms with Crippen LogP contribution in [-0.2, 0) is 0 Å². The SMILES string of the molecule is CN(C)c1ccc(C=NNC(=O)c2cc3cc([N+](=O)[O-])ccc3s2)cc1Br. The normalized spacial score (nSPS) is 11.1. The van der Waals surface area contributed by atoms with Crippen LogP contribution in [0, 0.1) is 10.1 Å². The Hall–Kier alpha value is -2.78. The van der Waals surface area contributed by atoms with Gasteiger partial charge < -0.3 is 4.90 Å². The summed E-state index contributed by atoms with van der Waals surface area (Å²) >= 11 is 4.76. The maximum atomic E-state index is 12.3. The zero-order valence-corrected chi connectivity index (χ0v) is 16.9. The van der Waals surface area contributed by atoms with E-state index in [1.165, 1.54) is 23.5 Å². The molecule has 3 rings (SSSR count). The average Bonchev–Trinajstić information content (AvgIpc) is 3.04. The number of carbonyl (C=O) groups excluding carboxylic acids is 1. The number of nitro benzene ring substituents is 1. The number of hydrogen-bond acceptors (Lipinski definition) is 6. The van der Waals surface area contributed by atoms with E-state index in [1.807, 2.05) is 37.2 Å². The number of benzene rings is 2. The van der Waals surface area contributed by atoms with Crippen LogP contribution in [0.25, 0.3) is 10.1 Å². The molecule has 0 unspecified atom stereocenters. The largest absolute Gasteiger partial charge is 0.377 e. The predicted octanol–water partition coefficient (Wildman–Crippen LogP) is 4.40. The molecule has 0 saturated heterocycles. The van der Waals surface area contributed by atoms with Crippen LogP contribution in [0.1, 0.15) is 15.2 Å². The second kappa shape index (κ2) is 7.85. The van der Waals surface area contributed by atoms with Gasteiger partial charge in [0.15, 0.2) is 0 Å². The Balaban J connectivity index is 1.72. The fraction of sp³-hybridized carbons (Fsp3) is 0.111. The lowest BCUT2D eigenvalue weighted by molar-refractivity contribution is -0.384. The molecule has 0 aliphatic heterocycles. The zero-order valence-electron chi connectivity index (χ0n) is 14.5. The van der Waals surface area contributed by atoms with Crippen LogP contribution in [0.3, 0.4) is 0 Å². The summed E-state index contributed by atoms with van der Waals surface area (Å²) in [4.78, 5) is 25.1. The van der Waals surface area contributed by atoms with Crippen LogP contribution in [0.2, 0.25) is 0 Å². The molecule has 0 spiro atoms. The van der Waals surface area contributed by atoms with Gasteiger partial charge in [-0.3, -0.25) is 14.9 Å². The van der Waals surface area contributed by atoms with Gasteiger partial charge in [0.05, 0.1) is 21.7 Å². The molecule has 3 aromatic rings. The first-order valence-corrected chi connectivity index (χ1v) is 9.44. The number of halogens is 1. The third kappa shape index (κ3) is 4.32. The Morgan fingerprint density at radius 2 is 2.04 bits per heavy atom. The van der Waals surface area contributed by atoms with Gasteiger partial charge in [0.25, 0.3) is 11.6 Å². The zero-order chi connectivity index (χ0) is 19.6. The molecule has 9 heteroatoms. The van der Waals surface area contributed by atoms with E-state index in [2.05, 4.69) is 26.5 Å². The number of nitro groups is 1. The van der Waals surface area contributed by atoms with Crippen molar-refractivity contribution in [3.8, 4) is 0 Å². The van der Waals surface area contributed by atoms with Crippen molar-refractivity contribution in [1.29, 1.82) is 0 Å². The standard InChI is InChI=1S/C18H15BrN4O3S/c1-22(2)15-5-3-11(7-14(15)19)10-20-21-18(24)17-9-12-8-13(23(25)26)4-6-16(12)27-17/h3-10H,1-2H3,(H,21,24). The van der Waals surface area contributed by atoms with Crippen molar-refractivity contribution in [2.75, 3.05) is 19.0 Å². The quantitative estimate of drug-likeness (QED) is 0.357. The maximum absolute atomic E-state index is 12.3. The first kappa shape index (κ1) is 19.0. The minimum absolute atomic E-state index is 0.00275. The Kier molecular flexibility index (Phi) is 5.52. The van der Waals surface area contributed by atoms with Gasteiger partial charge in [0.1, 0.15) is 0 Å². The molecule has 0 bridgehead atoms. The summed E-state index contributed by atoms with van der Waals surface area (Å²) < 4.78 is 1.73. The first-order valence-electron chi connectivity index (χ1n) is 7.83. The molecule has 0 atom stereocenters. The van der Waals surface area contributed by atoms with Gasteiger partial charge in [-0.05, 0) is 45.8 Å².